The van der Waals surface area contributed by atoms with E-state index < -0.39 is 0 Å². The average molecular weight is 345 g/mol. The summed E-state index contributed by atoms with van der Waals surface area (Å²) in [5, 5.41) is 18.5. The van der Waals surface area contributed by atoms with Crippen LogP contribution in [0.4, 0.5) is 11.6 Å². The number of rotatable bonds is 4. The van der Waals surface area contributed by atoms with Crippen LogP contribution in [0.5, 0.6) is 0 Å². The van der Waals surface area contributed by atoms with Crippen LogP contribution in [-0.2, 0) is 0 Å². The Bertz CT molecular complexity index is 1070. The smallest absolute Gasteiger partial charge is 0.154 e. The summed E-state index contributed by atoms with van der Waals surface area (Å²) in [6.45, 7) is 6.21. The van der Waals surface area contributed by atoms with E-state index in [1.165, 1.54) is 0 Å². The van der Waals surface area contributed by atoms with Gasteiger partial charge in [0.25, 0.3) is 0 Å². The minimum atomic E-state index is 0.389. The molecule has 26 heavy (non-hydrogen) atoms. The van der Waals surface area contributed by atoms with Gasteiger partial charge in [-0.3, -0.25) is 10.1 Å². The normalized spacial score (nSPS) is 11.2. The van der Waals surface area contributed by atoms with Crippen LogP contribution in [0.15, 0.2) is 42.9 Å². The van der Waals surface area contributed by atoms with Crippen molar-refractivity contribution >= 4 is 22.7 Å². The van der Waals surface area contributed by atoms with Gasteiger partial charge in [0.1, 0.15) is 5.82 Å². The van der Waals surface area contributed by atoms with Gasteiger partial charge in [-0.25, -0.2) is 4.98 Å². The molecule has 0 aromatic carbocycles. The summed E-state index contributed by atoms with van der Waals surface area (Å²) in [6.07, 6.45) is 5.49. The Labute approximate surface area is 150 Å². The third kappa shape index (κ3) is 3.11. The Kier molecular flexibility index (Phi) is 4.04. The Balaban J connectivity index is 1.68. The van der Waals surface area contributed by atoms with Gasteiger partial charge < -0.3 is 5.32 Å². The molecule has 0 unspecified atom stereocenters. The second-order valence-electron chi connectivity index (χ2n) is 6.50. The molecule has 0 atom stereocenters. The molecule has 7 nitrogen and oxygen atoms in total. The van der Waals surface area contributed by atoms with Gasteiger partial charge in [-0.05, 0) is 42.7 Å². The lowest BCUT2D eigenvalue weighted by molar-refractivity contribution is 0.843. The van der Waals surface area contributed by atoms with E-state index in [1.54, 1.807) is 6.20 Å². The van der Waals surface area contributed by atoms with Gasteiger partial charge in [0.15, 0.2) is 5.82 Å². The van der Waals surface area contributed by atoms with Crippen molar-refractivity contribution < 1.29 is 0 Å². The van der Waals surface area contributed by atoms with E-state index in [4.69, 9.17) is 0 Å². The quantitative estimate of drug-likeness (QED) is 0.581. The zero-order chi connectivity index (χ0) is 18.1. The van der Waals surface area contributed by atoms with Gasteiger partial charge >= 0.3 is 0 Å². The van der Waals surface area contributed by atoms with E-state index in [2.05, 4.69) is 49.5 Å². The van der Waals surface area contributed by atoms with E-state index in [9.17, 15) is 0 Å². The molecule has 4 aromatic rings. The molecule has 4 heterocycles. The fourth-order valence-corrected chi connectivity index (χ4v) is 2.76. The van der Waals surface area contributed by atoms with Crippen molar-refractivity contribution in [3.8, 4) is 11.1 Å². The maximum atomic E-state index is 4.67. The molecule has 4 rings (SSSR count). The maximum Gasteiger partial charge on any atom is 0.154 e. The first kappa shape index (κ1) is 16.1. The maximum absolute atomic E-state index is 4.67. The number of anilines is 2. The van der Waals surface area contributed by atoms with Crippen molar-refractivity contribution in [2.75, 3.05) is 5.32 Å². The zero-order valence-corrected chi connectivity index (χ0v) is 14.9. The molecule has 0 saturated heterocycles. The third-order valence-corrected chi connectivity index (χ3v) is 4.28. The summed E-state index contributed by atoms with van der Waals surface area (Å²) in [7, 11) is 0. The largest absolute Gasteiger partial charge is 0.323 e. The lowest BCUT2D eigenvalue weighted by atomic mass is 10.1. The molecular formula is C19H19N7. The van der Waals surface area contributed by atoms with Gasteiger partial charge in [0.2, 0.25) is 0 Å². The standard InChI is InChI=1S/C19H19N7/c1-11(2)13-7-19(26-21-9-13)24-18-5-4-16-17(23-18)6-14(8-20-16)15-10-22-25-12(15)3/h4-11H,1-3H3,(H,22,25)(H,23,24,26). The van der Waals surface area contributed by atoms with Crippen LogP contribution in [0.25, 0.3) is 22.2 Å². The van der Waals surface area contributed by atoms with Gasteiger partial charge in [0, 0.05) is 23.5 Å². The molecule has 7 heteroatoms. The zero-order valence-electron chi connectivity index (χ0n) is 14.9. The number of hydrogen-bond acceptors (Lipinski definition) is 6. The topological polar surface area (TPSA) is 92.3 Å². The highest BCUT2D eigenvalue weighted by Gasteiger charge is 2.08. The SMILES string of the molecule is Cc1n[nH]cc1-c1cnc2ccc(Nc3cc(C(C)C)cnn3)nc2c1. The number of fused-ring (bicyclic) bond motifs is 1. The number of aryl methyl sites for hydroxylation is 1. The lowest BCUT2D eigenvalue weighted by Gasteiger charge is -2.09. The third-order valence-electron chi connectivity index (χ3n) is 4.28. The number of aromatic nitrogens is 6. The van der Waals surface area contributed by atoms with Crippen molar-refractivity contribution in [2.45, 2.75) is 26.7 Å². The summed E-state index contributed by atoms with van der Waals surface area (Å²) in [6, 6.07) is 7.84. The highest BCUT2D eigenvalue weighted by Crippen LogP contribution is 2.25. The molecule has 0 aliphatic heterocycles. The van der Waals surface area contributed by atoms with Crippen LogP contribution < -0.4 is 5.32 Å². The summed E-state index contributed by atoms with van der Waals surface area (Å²) < 4.78 is 0. The Morgan fingerprint density at radius 3 is 2.69 bits per heavy atom. The Morgan fingerprint density at radius 2 is 1.92 bits per heavy atom. The van der Waals surface area contributed by atoms with Crippen molar-refractivity contribution in [3.05, 3.63) is 54.1 Å². The first-order chi connectivity index (χ1) is 12.6. The molecule has 0 radical (unpaired) electrons. The minimum Gasteiger partial charge on any atom is -0.323 e. The molecule has 0 saturated carbocycles. The predicted octanol–water partition coefficient (Wildman–Crippen LogP) is 3.99. The van der Waals surface area contributed by atoms with Gasteiger partial charge in [-0.2, -0.15) is 10.2 Å². The average Bonchev–Trinajstić information content (AvgIpc) is 3.07. The van der Waals surface area contributed by atoms with Crippen LogP contribution in [0, 0.1) is 6.92 Å². The molecule has 130 valence electrons. The molecule has 0 spiro atoms. The molecule has 0 bridgehead atoms. The fourth-order valence-electron chi connectivity index (χ4n) is 2.76. The van der Waals surface area contributed by atoms with E-state index in [0.717, 1.165) is 33.4 Å². The molecular weight excluding hydrogens is 326 g/mol. The molecule has 0 amide bonds. The number of nitrogens with one attached hydrogen (secondary N) is 2. The van der Waals surface area contributed by atoms with Crippen molar-refractivity contribution in [1.29, 1.82) is 0 Å². The van der Waals surface area contributed by atoms with E-state index in [-0.39, 0.29) is 0 Å². The second kappa shape index (κ2) is 6.51. The lowest BCUT2D eigenvalue weighted by Crippen LogP contribution is -2.00. The molecule has 0 aliphatic rings. The van der Waals surface area contributed by atoms with Gasteiger partial charge in [-0.1, -0.05) is 13.8 Å². The van der Waals surface area contributed by atoms with Gasteiger partial charge in [0.05, 0.1) is 22.9 Å². The summed E-state index contributed by atoms with van der Waals surface area (Å²) >= 11 is 0. The van der Waals surface area contributed by atoms with Crippen molar-refractivity contribution in [2.24, 2.45) is 0 Å². The Morgan fingerprint density at radius 1 is 1.04 bits per heavy atom. The summed E-state index contributed by atoms with van der Waals surface area (Å²) in [4.78, 5) is 9.18. The molecule has 0 aliphatic carbocycles. The number of nitrogens with zero attached hydrogens (tertiary/aromatic N) is 5. The number of pyridine rings is 2. The van der Waals surface area contributed by atoms with Crippen LogP contribution >= 0.6 is 0 Å². The van der Waals surface area contributed by atoms with Crippen molar-refractivity contribution in [1.82, 2.24) is 30.4 Å². The number of H-pyrrole nitrogens is 1. The first-order valence-corrected chi connectivity index (χ1v) is 8.47. The second-order valence-corrected chi connectivity index (χ2v) is 6.50. The Hall–Kier alpha value is -3.35. The fraction of sp³-hybridized carbons (Fsp3) is 0.211. The molecule has 2 N–H and O–H groups in total. The predicted molar refractivity (Wildman–Crippen MR) is 101 cm³/mol. The first-order valence-electron chi connectivity index (χ1n) is 8.47. The monoisotopic (exact) mass is 345 g/mol. The van der Waals surface area contributed by atoms with Crippen molar-refractivity contribution in [3.63, 3.8) is 0 Å². The number of aromatic amines is 1. The summed E-state index contributed by atoms with van der Waals surface area (Å²) in [5.74, 6) is 1.77. The summed E-state index contributed by atoms with van der Waals surface area (Å²) in [5.41, 5.74) is 5.71. The minimum absolute atomic E-state index is 0.389. The molecule has 0 fully saturated rings. The number of hydrogen-bond donors (Lipinski definition) is 2. The van der Waals surface area contributed by atoms with Crippen LogP contribution in [0.3, 0.4) is 0 Å². The van der Waals surface area contributed by atoms with E-state index >= 15 is 0 Å². The van der Waals surface area contributed by atoms with E-state index in [1.807, 2.05) is 43.6 Å². The van der Waals surface area contributed by atoms with E-state index in [0.29, 0.717) is 17.6 Å². The van der Waals surface area contributed by atoms with Crippen LogP contribution in [0.2, 0.25) is 0 Å². The molecule has 4 aromatic heterocycles. The van der Waals surface area contributed by atoms with Crippen LogP contribution in [-0.4, -0.2) is 30.4 Å². The van der Waals surface area contributed by atoms with Gasteiger partial charge in [-0.15, -0.1) is 5.10 Å². The highest BCUT2D eigenvalue weighted by atomic mass is 15.2. The highest BCUT2D eigenvalue weighted by molar-refractivity contribution is 5.82. The van der Waals surface area contributed by atoms with Crippen LogP contribution in [0.1, 0.15) is 31.0 Å².